The third-order valence-corrected chi connectivity index (χ3v) is 7.77. The van der Waals surface area contributed by atoms with Crippen molar-refractivity contribution in [2.45, 2.75) is 62.6 Å². The van der Waals surface area contributed by atoms with Gasteiger partial charge in [-0.25, -0.2) is 8.42 Å². The summed E-state index contributed by atoms with van der Waals surface area (Å²) in [5.74, 6) is -0.247. The normalized spacial score (nSPS) is 19.2. The standard InChI is InChI=1S/C23H29N3O3S/c1-6-21(27)25-18-14-22(2,3)26(23(4,5)15-18)30(28,29)19-12-13-20(24-16-19)17-10-8-7-9-11-17/h6-13,16,18H,1,14-15H2,2-5H3,(H,25,27). The summed E-state index contributed by atoms with van der Waals surface area (Å²) in [7, 11) is -3.80. The molecule has 1 N–H and O–H groups in total. The number of hydrogen-bond acceptors (Lipinski definition) is 4. The Hall–Kier alpha value is -2.51. The van der Waals surface area contributed by atoms with Crippen molar-refractivity contribution >= 4 is 15.9 Å². The van der Waals surface area contributed by atoms with E-state index < -0.39 is 21.1 Å². The molecule has 0 atom stereocenters. The number of carbonyl (C=O) groups excluding carboxylic acids is 1. The molecule has 1 fully saturated rings. The summed E-state index contributed by atoms with van der Waals surface area (Å²) >= 11 is 0. The van der Waals surface area contributed by atoms with Gasteiger partial charge in [0.15, 0.2) is 0 Å². The van der Waals surface area contributed by atoms with E-state index in [1.54, 1.807) is 16.4 Å². The molecule has 0 radical (unpaired) electrons. The van der Waals surface area contributed by atoms with Crippen LogP contribution < -0.4 is 5.32 Å². The Balaban J connectivity index is 1.93. The van der Waals surface area contributed by atoms with Gasteiger partial charge in [0.1, 0.15) is 4.90 Å². The van der Waals surface area contributed by atoms with E-state index in [1.807, 2.05) is 58.0 Å². The molecule has 1 aliphatic heterocycles. The number of sulfonamides is 1. The molecule has 2 aromatic rings. The molecule has 7 heteroatoms. The monoisotopic (exact) mass is 427 g/mol. The first kappa shape index (κ1) is 22.2. The van der Waals surface area contributed by atoms with Crippen LogP contribution in [-0.2, 0) is 14.8 Å². The quantitative estimate of drug-likeness (QED) is 0.737. The van der Waals surface area contributed by atoms with Crippen molar-refractivity contribution in [2.24, 2.45) is 0 Å². The Bertz CT molecular complexity index is 1010. The minimum Gasteiger partial charge on any atom is -0.350 e. The number of nitrogens with zero attached hydrogens (tertiary/aromatic N) is 2. The number of carbonyl (C=O) groups is 1. The molecule has 3 rings (SSSR count). The predicted octanol–water partition coefficient (Wildman–Crippen LogP) is 3.76. The number of benzene rings is 1. The first-order valence-corrected chi connectivity index (χ1v) is 11.4. The highest BCUT2D eigenvalue weighted by Gasteiger charge is 2.51. The van der Waals surface area contributed by atoms with Gasteiger partial charge in [0.25, 0.3) is 0 Å². The molecule has 0 unspecified atom stereocenters. The molecule has 1 aliphatic rings. The van der Waals surface area contributed by atoms with Crippen LogP contribution in [0.3, 0.4) is 0 Å². The average molecular weight is 428 g/mol. The van der Waals surface area contributed by atoms with Gasteiger partial charge in [0.05, 0.1) is 5.69 Å². The molecule has 2 heterocycles. The molecule has 160 valence electrons. The highest BCUT2D eigenvalue weighted by atomic mass is 32.2. The fourth-order valence-electron chi connectivity index (χ4n) is 4.69. The van der Waals surface area contributed by atoms with E-state index in [1.165, 1.54) is 12.3 Å². The minimum atomic E-state index is -3.80. The Kier molecular flexibility index (Phi) is 5.89. The molecule has 6 nitrogen and oxygen atoms in total. The van der Waals surface area contributed by atoms with E-state index >= 15 is 0 Å². The summed E-state index contributed by atoms with van der Waals surface area (Å²) < 4.78 is 28.8. The van der Waals surface area contributed by atoms with Crippen LogP contribution >= 0.6 is 0 Å². The molecule has 0 bridgehead atoms. The Labute approximate surface area is 179 Å². The third kappa shape index (κ3) is 4.32. The van der Waals surface area contributed by atoms with Crippen LogP contribution in [0.25, 0.3) is 11.3 Å². The Morgan fingerprint density at radius 1 is 1.10 bits per heavy atom. The van der Waals surface area contributed by atoms with Crippen LogP contribution in [0.5, 0.6) is 0 Å². The van der Waals surface area contributed by atoms with Gasteiger partial charge in [-0.3, -0.25) is 9.78 Å². The summed E-state index contributed by atoms with van der Waals surface area (Å²) in [5, 5.41) is 2.93. The van der Waals surface area contributed by atoms with Crippen molar-refractivity contribution < 1.29 is 13.2 Å². The number of rotatable bonds is 5. The molecule has 1 aromatic heterocycles. The fourth-order valence-corrected chi connectivity index (χ4v) is 6.78. The Morgan fingerprint density at radius 3 is 2.20 bits per heavy atom. The van der Waals surface area contributed by atoms with E-state index in [2.05, 4.69) is 16.9 Å². The van der Waals surface area contributed by atoms with Gasteiger partial charge in [0, 0.05) is 28.9 Å². The zero-order valence-corrected chi connectivity index (χ0v) is 18.7. The van der Waals surface area contributed by atoms with Crippen molar-refractivity contribution in [3.05, 3.63) is 61.3 Å². The van der Waals surface area contributed by atoms with Crippen LogP contribution in [0.2, 0.25) is 0 Å². The maximum Gasteiger partial charge on any atom is 0.245 e. The summed E-state index contributed by atoms with van der Waals surface area (Å²) in [5.41, 5.74) is 0.259. The number of amides is 1. The topological polar surface area (TPSA) is 79.4 Å². The van der Waals surface area contributed by atoms with Crippen LogP contribution in [0, 0.1) is 0 Å². The van der Waals surface area contributed by atoms with Crippen LogP contribution in [-0.4, -0.2) is 40.7 Å². The second-order valence-corrected chi connectivity index (χ2v) is 10.7. The van der Waals surface area contributed by atoms with E-state index in [-0.39, 0.29) is 16.8 Å². The predicted molar refractivity (Wildman–Crippen MR) is 118 cm³/mol. The number of nitrogens with one attached hydrogen (secondary N) is 1. The highest BCUT2D eigenvalue weighted by molar-refractivity contribution is 7.89. The van der Waals surface area contributed by atoms with Crippen LogP contribution in [0.15, 0.2) is 66.2 Å². The molecular weight excluding hydrogens is 398 g/mol. The van der Waals surface area contributed by atoms with Crippen molar-refractivity contribution in [2.75, 3.05) is 0 Å². The van der Waals surface area contributed by atoms with E-state index in [4.69, 9.17) is 0 Å². The second kappa shape index (κ2) is 7.96. The lowest BCUT2D eigenvalue weighted by molar-refractivity contribution is -0.118. The van der Waals surface area contributed by atoms with Gasteiger partial charge in [-0.1, -0.05) is 36.9 Å². The molecular formula is C23H29N3O3S. The third-order valence-electron chi connectivity index (χ3n) is 5.47. The number of aromatic nitrogens is 1. The van der Waals surface area contributed by atoms with E-state index in [0.717, 1.165) is 11.3 Å². The molecule has 30 heavy (non-hydrogen) atoms. The lowest BCUT2D eigenvalue weighted by atomic mass is 9.79. The summed E-state index contributed by atoms with van der Waals surface area (Å²) in [6.07, 6.45) is 3.67. The lowest BCUT2D eigenvalue weighted by Gasteiger charge is -2.53. The van der Waals surface area contributed by atoms with Crippen LogP contribution in [0.1, 0.15) is 40.5 Å². The van der Waals surface area contributed by atoms with Gasteiger partial charge in [-0.15, -0.1) is 0 Å². The molecule has 0 saturated carbocycles. The maximum absolute atomic E-state index is 13.6. The smallest absolute Gasteiger partial charge is 0.245 e. The number of piperidine rings is 1. The summed E-state index contributed by atoms with van der Waals surface area (Å²) in [6, 6.07) is 12.8. The average Bonchev–Trinajstić information content (AvgIpc) is 2.66. The van der Waals surface area contributed by atoms with Crippen LogP contribution in [0.4, 0.5) is 0 Å². The van der Waals surface area contributed by atoms with Crippen molar-refractivity contribution in [3.8, 4) is 11.3 Å². The van der Waals surface area contributed by atoms with Gasteiger partial charge in [-0.2, -0.15) is 4.31 Å². The second-order valence-electron chi connectivity index (χ2n) is 8.96. The molecule has 1 saturated heterocycles. The zero-order valence-electron chi connectivity index (χ0n) is 17.9. The van der Waals surface area contributed by atoms with Gasteiger partial charge < -0.3 is 5.32 Å². The van der Waals surface area contributed by atoms with Gasteiger partial charge in [0.2, 0.25) is 15.9 Å². The first-order chi connectivity index (χ1) is 14.0. The SMILES string of the molecule is C=CC(=O)NC1CC(C)(C)N(S(=O)(=O)c2ccc(-c3ccccc3)nc2)C(C)(C)C1. The largest absolute Gasteiger partial charge is 0.350 e. The van der Waals surface area contributed by atoms with E-state index in [9.17, 15) is 13.2 Å². The summed E-state index contributed by atoms with van der Waals surface area (Å²) in [4.78, 5) is 16.3. The Morgan fingerprint density at radius 2 is 1.70 bits per heavy atom. The van der Waals surface area contributed by atoms with Crippen molar-refractivity contribution in [1.29, 1.82) is 0 Å². The zero-order chi connectivity index (χ0) is 22.2. The number of pyridine rings is 1. The fraction of sp³-hybridized carbons (Fsp3) is 0.391. The molecule has 0 spiro atoms. The van der Waals surface area contributed by atoms with Crippen molar-refractivity contribution in [3.63, 3.8) is 0 Å². The summed E-state index contributed by atoms with van der Waals surface area (Å²) in [6.45, 7) is 11.1. The number of hydrogen-bond donors (Lipinski definition) is 1. The maximum atomic E-state index is 13.6. The lowest BCUT2D eigenvalue weighted by Crippen LogP contribution is -2.65. The minimum absolute atomic E-state index is 0.134. The van der Waals surface area contributed by atoms with Crippen molar-refractivity contribution in [1.82, 2.24) is 14.6 Å². The molecule has 1 aromatic carbocycles. The van der Waals surface area contributed by atoms with Gasteiger partial charge in [-0.05, 0) is 58.7 Å². The van der Waals surface area contributed by atoms with Gasteiger partial charge >= 0.3 is 0 Å². The van der Waals surface area contributed by atoms with E-state index in [0.29, 0.717) is 12.8 Å². The highest BCUT2D eigenvalue weighted by Crippen LogP contribution is 2.42. The molecule has 1 amide bonds. The first-order valence-electron chi connectivity index (χ1n) is 9.97. The molecule has 0 aliphatic carbocycles.